The van der Waals surface area contributed by atoms with Gasteiger partial charge in [-0.05, 0) is 18.2 Å². The van der Waals surface area contributed by atoms with Crippen molar-refractivity contribution in [1.82, 2.24) is 10.4 Å². The number of rotatable bonds is 1. The number of amides is 1. The van der Waals surface area contributed by atoms with Crippen molar-refractivity contribution in [3.8, 4) is 0 Å². The zero-order chi connectivity index (χ0) is 9.26. The van der Waals surface area contributed by atoms with E-state index in [0.29, 0.717) is 5.56 Å². The van der Waals surface area contributed by atoms with Crippen molar-refractivity contribution in [2.75, 3.05) is 0 Å². The molecule has 66 valence electrons. The predicted octanol–water partition coefficient (Wildman–Crippen LogP) is 0.771. The van der Waals surface area contributed by atoms with Crippen molar-refractivity contribution in [3.63, 3.8) is 0 Å². The summed E-state index contributed by atoms with van der Waals surface area (Å²) in [5, 5.41) is 0.880. The van der Waals surface area contributed by atoms with Gasteiger partial charge in [0.1, 0.15) is 0 Å². The Morgan fingerprint density at radius 3 is 3.00 bits per heavy atom. The van der Waals surface area contributed by atoms with Crippen LogP contribution in [0.1, 0.15) is 10.4 Å². The second kappa shape index (κ2) is 2.91. The third-order valence-corrected chi connectivity index (χ3v) is 1.97. The number of nitrogen functional groups attached to an aromatic ring is 1. The van der Waals surface area contributed by atoms with Gasteiger partial charge in [-0.15, -0.1) is 0 Å². The summed E-state index contributed by atoms with van der Waals surface area (Å²) in [4.78, 5) is 14.3. The van der Waals surface area contributed by atoms with Crippen LogP contribution in [0.25, 0.3) is 10.9 Å². The summed E-state index contributed by atoms with van der Waals surface area (Å²) in [5.74, 6) is 4.78. The Morgan fingerprint density at radius 1 is 1.38 bits per heavy atom. The molecular weight excluding hydrogens is 166 g/mol. The number of aromatic amines is 1. The quantitative estimate of drug-likeness (QED) is 0.340. The first kappa shape index (κ1) is 7.82. The number of carbonyl (C=O) groups excluding carboxylic acids is 1. The van der Waals surface area contributed by atoms with Crippen LogP contribution in [0.2, 0.25) is 0 Å². The highest BCUT2D eigenvalue weighted by Crippen LogP contribution is 2.16. The van der Waals surface area contributed by atoms with Crippen LogP contribution >= 0.6 is 0 Å². The van der Waals surface area contributed by atoms with Crippen LogP contribution < -0.4 is 11.3 Å². The molecule has 2 aromatic rings. The highest BCUT2D eigenvalue weighted by Gasteiger charge is 2.07. The Bertz CT molecular complexity index is 447. The van der Waals surface area contributed by atoms with Crippen LogP contribution in [0.4, 0.5) is 0 Å². The van der Waals surface area contributed by atoms with E-state index in [1.54, 1.807) is 12.3 Å². The number of H-pyrrole nitrogens is 1. The van der Waals surface area contributed by atoms with Crippen molar-refractivity contribution in [2.24, 2.45) is 5.84 Å². The molecule has 1 amide bonds. The SMILES string of the molecule is NNC(=O)c1cccc2[nH]ccc12. The van der Waals surface area contributed by atoms with Gasteiger partial charge in [-0.3, -0.25) is 10.2 Å². The van der Waals surface area contributed by atoms with E-state index in [1.165, 1.54) is 0 Å². The fourth-order valence-corrected chi connectivity index (χ4v) is 1.36. The number of benzene rings is 1. The molecule has 1 heterocycles. The minimum Gasteiger partial charge on any atom is -0.361 e. The second-order valence-electron chi connectivity index (χ2n) is 2.72. The number of nitrogens with two attached hydrogens (primary N) is 1. The standard InChI is InChI=1S/C9H9N3O/c10-12-9(13)7-2-1-3-8-6(7)4-5-11-8/h1-5,11H,10H2,(H,12,13). The van der Waals surface area contributed by atoms with Gasteiger partial charge in [0, 0.05) is 17.1 Å². The number of aromatic nitrogens is 1. The van der Waals surface area contributed by atoms with Gasteiger partial charge in [-0.25, -0.2) is 5.84 Å². The molecule has 4 N–H and O–H groups in total. The van der Waals surface area contributed by atoms with Crippen LogP contribution in [-0.4, -0.2) is 10.9 Å². The van der Waals surface area contributed by atoms with Gasteiger partial charge in [0.05, 0.1) is 5.56 Å². The maximum absolute atomic E-state index is 11.3. The first-order valence-corrected chi connectivity index (χ1v) is 3.90. The molecule has 0 spiro atoms. The van der Waals surface area contributed by atoms with Crippen LogP contribution in [0.3, 0.4) is 0 Å². The smallest absolute Gasteiger partial charge is 0.265 e. The van der Waals surface area contributed by atoms with E-state index >= 15 is 0 Å². The lowest BCUT2D eigenvalue weighted by Gasteiger charge is -2.00. The zero-order valence-corrected chi connectivity index (χ0v) is 6.87. The Balaban J connectivity index is 2.67. The number of hydrogen-bond acceptors (Lipinski definition) is 2. The first-order valence-electron chi connectivity index (χ1n) is 3.90. The lowest BCUT2D eigenvalue weighted by atomic mass is 10.1. The average Bonchev–Trinajstić information content (AvgIpc) is 2.63. The molecular formula is C9H9N3O. The first-order chi connectivity index (χ1) is 6.33. The lowest BCUT2D eigenvalue weighted by molar-refractivity contribution is 0.0955. The molecule has 0 saturated carbocycles. The number of nitrogens with one attached hydrogen (secondary N) is 2. The summed E-state index contributed by atoms with van der Waals surface area (Å²) in [7, 11) is 0. The summed E-state index contributed by atoms with van der Waals surface area (Å²) in [6.07, 6.45) is 1.79. The van der Waals surface area contributed by atoms with E-state index in [-0.39, 0.29) is 5.91 Å². The maximum Gasteiger partial charge on any atom is 0.265 e. The van der Waals surface area contributed by atoms with Crippen LogP contribution in [0.5, 0.6) is 0 Å². The Kier molecular flexibility index (Phi) is 1.75. The molecule has 4 nitrogen and oxygen atoms in total. The van der Waals surface area contributed by atoms with E-state index in [4.69, 9.17) is 5.84 Å². The zero-order valence-electron chi connectivity index (χ0n) is 6.87. The number of fused-ring (bicyclic) bond motifs is 1. The molecule has 0 aliphatic rings. The van der Waals surface area contributed by atoms with Gasteiger partial charge >= 0.3 is 0 Å². The Hall–Kier alpha value is -1.81. The average molecular weight is 175 g/mol. The van der Waals surface area contributed by atoms with Crippen molar-refractivity contribution >= 4 is 16.8 Å². The normalized spacial score (nSPS) is 10.2. The summed E-state index contributed by atoms with van der Waals surface area (Å²) in [5.41, 5.74) is 3.63. The lowest BCUT2D eigenvalue weighted by Crippen LogP contribution is -2.30. The summed E-state index contributed by atoms with van der Waals surface area (Å²) in [6, 6.07) is 7.30. The fraction of sp³-hybridized carbons (Fsp3) is 0. The number of carbonyl (C=O) groups is 1. The molecule has 0 bridgehead atoms. The molecule has 0 saturated heterocycles. The van der Waals surface area contributed by atoms with Crippen LogP contribution in [0.15, 0.2) is 30.5 Å². The maximum atomic E-state index is 11.3. The van der Waals surface area contributed by atoms with Crippen molar-refractivity contribution in [1.29, 1.82) is 0 Å². The number of hydrogen-bond donors (Lipinski definition) is 3. The molecule has 2 rings (SSSR count). The van der Waals surface area contributed by atoms with Crippen LogP contribution in [-0.2, 0) is 0 Å². The van der Waals surface area contributed by atoms with Crippen molar-refractivity contribution in [3.05, 3.63) is 36.0 Å². The minimum absolute atomic E-state index is 0.273. The monoisotopic (exact) mass is 175 g/mol. The number of hydrazine groups is 1. The summed E-state index contributed by atoms with van der Waals surface area (Å²) in [6.45, 7) is 0. The fourth-order valence-electron chi connectivity index (χ4n) is 1.36. The van der Waals surface area contributed by atoms with Gasteiger partial charge in [0.2, 0.25) is 0 Å². The van der Waals surface area contributed by atoms with Gasteiger partial charge in [-0.2, -0.15) is 0 Å². The molecule has 1 aromatic carbocycles. The largest absolute Gasteiger partial charge is 0.361 e. The van der Waals surface area contributed by atoms with Crippen molar-refractivity contribution in [2.45, 2.75) is 0 Å². The predicted molar refractivity (Wildman–Crippen MR) is 50.0 cm³/mol. The van der Waals surface area contributed by atoms with Gasteiger partial charge in [0.25, 0.3) is 5.91 Å². The second-order valence-corrected chi connectivity index (χ2v) is 2.72. The molecule has 1 aromatic heterocycles. The molecule has 4 heteroatoms. The van der Waals surface area contributed by atoms with E-state index in [0.717, 1.165) is 10.9 Å². The van der Waals surface area contributed by atoms with Gasteiger partial charge < -0.3 is 4.98 Å². The third kappa shape index (κ3) is 1.17. The van der Waals surface area contributed by atoms with Crippen molar-refractivity contribution < 1.29 is 4.79 Å². The summed E-state index contributed by atoms with van der Waals surface area (Å²) >= 11 is 0. The van der Waals surface area contributed by atoms with Crippen LogP contribution in [0, 0.1) is 0 Å². The molecule has 0 aliphatic carbocycles. The third-order valence-electron chi connectivity index (χ3n) is 1.97. The minimum atomic E-state index is -0.273. The van der Waals surface area contributed by atoms with Gasteiger partial charge in [-0.1, -0.05) is 6.07 Å². The summed E-state index contributed by atoms with van der Waals surface area (Å²) < 4.78 is 0. The Labute approximate surface area is 74.7 Å². The molecule has 0 fully saturated rings. The van der Waals surface area contributed by atoms with E-state index in [2.05, 4.69) is 10.4 Å². The molecule has 0 aliphatic heterocycles. The van der Waals surface area contributed by atoms with E-state index < -0.39 is 0 Å². The Morgan fingerprint density at radius 2 is 2.23 bits per heavy atom. The molecule has 0 atom stereocenters. The highest BCUT2D eigenvalue weighted by atomic mass is 16.2. The topological polar surface area (TPSA) is 70.9 Å². The molecule has 0 radical (unpaired) electrons. The molecule has 0 unspecified atom stereocenters. The van der Waals surface area contributed by atoms with Gasteiger partial charge in [0.15, 0.2) is 0 Å². The highest BCUT2D eigenvalue weighted by molar-refractivity contribution is 6.06. The van der Waals surface area contributed by atoms with E-state index in [1.807, 2.05) is 18.2 Å². The molecule has 13 heavy (non-hydrogen) atoms. The van der Waals surface area contributed by atoms with E-state index in [9.17, 15) is 4.79 Å².